The Morgan fingerprint density at radius 3 is 1.95 bits per heavy atom. The van der Waals surface area contributed by atoms with Crippen molar-refractivity contribution < 1.29 is 0 Å². The van der Waals surface area contributed by atoms with Gasteiger partial charge in [-0.15, -0.1) is 0 Å². The summed E-state index contributed by atoms with van der Waals surface area (Å²) in [6.07, 6.45) is 0. The SMILES string of the molecule is Cc1cc(C)c(C)c(-c2cc(C(C)C)nc(N)n2)c1C. The molecule has 0 saturated heterocycles. The van der Waals surface area contributed by atoms with Crippen LogP contribution in [0.25, 0.3) is 11.3 Å². The molecule has 0 bridgehead atoms. The predicted molar refractivity (Wildman–Crippen MR) is 84.9 cm³/mol. The van der Waals surface area contributed by atoms with Crippen LogP contribution in [0, 0.1) is 27.7 Å². The van der Waals surface area contributed by atoms with Crippen molar-refractivity contribution in [3.8, 4) is 11.3 Å². The third kappa shape index (κ3) is 2.53. The summed E-state index contributed by atoms with van der Waals surface area (Å²) in [5.41, 5.74) is 14.1. The molecule has 0 saturated carbocycles. The molecule has 1 aromatic carbocycles. The number of nitrogens with two attached hydrogens (primary N) is 1. The van der Waals surface area contributed by atoms with Crippen LogP contribution in [0.1, 0.15) is 47.7 Å². The van der Waals surface area contributed by atoms with E-state index in [1.807, 2.05) is 0 Å². The number of benzene rings is 1. The summed E-state index contributed by atoms with van der Waals surface area (Å²) < 4.78 is 0. The lowest BCUT2D eigenvalue weighted by molar-refractivity contribution is 0.818. The Kier molecular flexibility index (Phi) is 3.80. The highest BCUT2D eigenvalue weighted by atomic mass is 15.0. The van der Waals surface area contributed by atoms with E-state index < -0.39 is 0 Å². The van der Waals surface area contributed by atoms with E-state index in [4.69, 9.17) is 5.73 Å². The van der Waals surface area contributed by atoms with Gasteiger partial charge in [0.15, 0.2) is 0 Å². The van der Waals surface area contributed by atoms with Crippen LogP contribution in [0.15, 0.2) is 12.1 Å². The molecule has 2 rings (SSSR count). The first kappa shape index (κ1) is 14.5. The highest BCUT2D eigenvalue weighted by Crippen LogP contribution is 2.31. The summed E-state index contributed by atoms with van der Waals surface area (Å²) in [6.45, 7) is 12.8. The summed E-state index contributed by atoms with van der Waals surface area (Å²) in [7, 11) is 0. The standard InChI is InChI=1S/C17H23N3/c1-9(2)14-8-15(20-17(18)19-14)16-12(5)10(3)7-11(4)13(16)6/h7-9H,1-6H3,(H2,18,19,20). The van der Waals surface area contributed by atoms with Gasteiger partial charge < -0.3 is 5.73 Å². The lowest BCUT2D eigenvalue weighted by Crippen LogP contribution is -2.04. The molecule has 20 heavy (non-hydrogen) atoms. The maximum atomic E-state index is 5.89. The smallest absolute Gasteiger partial charge is 0.220 e. The first-order chi connectivity index (χ1) is 9.31. The van der Waals surface area contributed by atoms with Crippen molar-refractivity contribution in [2.45, 2.75) is 47.5 Å². The van der Waals surface area contributed by atoms with E-state index in [0.717, 1.165) is 11.4 Å². The van der Waals surface area contributed by atoms with Gasteiger partial charge in [0, 0.05) is 11.3 Å². The molecular weight excluding hydrogens is 246 g/mol. The number of nitrogens with zero attached hydrogens (tertiary/aromatic N) is 2. The van der Waals surface area contributed by atoms with Crippen molar-refractivity contribution in [2.75, 3.05) is 5.73 Å². The van der Waals surface area contributed by atoms with E-state index in [1.54, 1.807) is 0 Å². The number of hydrogen-bond acceptors (Lipinski definition) is 3. The number of nitrogen functional groups attached to an aromatic ring is 1. The van der Waals surface area contributed by atoms with Gasteiger partial charge in [-0.2, -0.15) is 0 Å². The minimum absolute atomic E-state index is 0.338. The quantitative estimate of drug-likeness (QED) is 0.893. The van der Waals surface area contributed by atoms with E-state index in [2.05, 4.69) is 63.6 Å². The molecule has 1 heterocycles. The molecule has 0 fully saturated rings. The van der Waals surface area contributed by atoms with Crippen LogP contribution < -0.4 is 5.73 Å². The molecule has 0 aliphatic heterocycles. The zero-order chi connectivity index (χ0) is 15.0. The van der Waals surface area contributed by atoms with E-state index in [0.29, 0.717) is 11.9 Å². The Hall–Kier alpha value is -1.90. The molecule has 1 aromatic heterocycles. The summed E-state index contributed by atoms with van der Waals surface area (Å²) >= 11 is 0. The maximum Gasteiger partial charge on any atom is 0.220 e. The zero-order valence-electron chi connectivity index (χ0n) is 13.2. The van der Waals surface area contributed by atoms with E-state index in [1.165, 1.54) is 27.8 Å². The van der Waals surface area contributed by atoms with Crippen molar-refractivity contribution in [1.29, 1.82) is 0 Å². The van der Waals surface area contributed by atoms with Crippen LogP contribution in [-0.2, 0) is 0 Å². The Labute approximate surface area is 121 Å². The Morgan fingerprint density at radius 1 is 0.900 bits per heavy atom. The largest absolute Gasteiger partial charge is 0.368 e. The van der Waals surface area contributed by atoms with Crippen LogP contribution in [0.4, 0.5) is 5.95 Å². The molecule has 0 unspecified atom stereocenters. The molecule has 0 spiro atoms. The van der Waals surface area contributed by atoms with Crippen molar-refractivity contribution in [3.63, 3.8) is 0 Å². The molecule has 0 aliphatic carbocycles. The molecule has 3 heteroatoms. The first-order valence-electron chi connectivity index (χ1n) is 7.03. The molecule has 106 valence electrons. The van der Waals surface area contributed by atoms with E-state index in [-0.39, 0.29) is 0 Å². The molecular formula is C17H23N3. The minimum atomic E-state index is 0.338. The second kappa shape index (κ2) is 5.23. The normalized spacial score (nSPS) is 11.2. The fourth-order valence-electron chi connectivity index (χ4n) is 2.51. The van der Waals surface area contributed by atoms with Gasteiger partial charge in [-0.1, -0.05) is 19.9 Å². The van der Waals surface area contributed by atoms with Crippen LogP contribution in [-0.4, -0.2) is 9.97 Å². The first-order valence-corrected chi connectivity index (χ1v) is 7.03. The highest BCUT2D eigenvalue weighted by molar-refractivity contribution is 5.71. The molecule has 3 nitrogen and oxygen atoms in total. The highest BCUT2D eigenvalue weighted by Gasteiger charge is 2.14. The van der Waals surface area contributed by atoms with Crippen LogP contribution >= 0.6 is 0 Å². The number of hydrogen-bond donors (Lipinski definition) is 1. The average Bonchev–Trinajstić information content (AvgIpc) is 2.36. The average molecular weight is 269 g/mol. The number of rotatable bonds is 2. The second-order valence-corrected chi connectivity index (χ2v) is 5.83. The minimum Gasteiger partial charge on any atom is -0.368 e. The van der Waals surface area contributed by atoms with Gasteiger partial charge in [0.2, 0.25) is 5.95 Å². The number of aryl methyl sites for hydroxylation is 2. The van der Waals surface area contributed by atoms with Crippen LogP contribution in [0.2, 0.25) is 0 Å². The van der Waals surface area contributed by atoms with Gasteiger partial charge in [0.05, 0.1) is 5.69 Å². The lowest BCUT2D eigenvalue weighted by Gasteiger charge is -2.16. The molecule has 0 radical (unpaired) electrons. The fraction of sp³-hybridized carbons (Fsp3) is 0.412. The van der Waals surface area contributed by atoms with Gasteiger partial charge >= 0.3 is 0 Å². The molecule has 2 aromatic rings. The third-order valence-electron chi connectivity index (χ3n) is 3.98. The summed E-state index contributed by atoms with van der Waals surface area (Å²) in [6, 6.07) is 4.29. The van der Waals surface area contributed by atoms with E-state index in [9.17, 15) is 0 Å². The van der Waals surface area contributed by atoms with Crippen LogP contribution in [0.5, 0.6) is 0 Å². The predicted octanol–water partition coefficient (Wildman–Crippen LogP) is 4.08. The fourth-order valence-corrected chi connectivity index (χ4v) is 2.51. The summed E-state index contributed by atoms with van der Waals surface area (Å²) in [4.78, 5) is 8.79. The van der Waals surface area contributed by atoms with Gasteiger partial charge in [-0.3, -0.25) is 0 Å². The van der Waals surface area contributed by atoms with Crippen molar-refractivity contribution >= 4 is 5.95 Å². The zero-order valence-corrected chi connectivity index (χ0v) is 13.2. The Balaban J connectivity index is 2.75. The van der Waals surface area contributed by atoms with Gasteiger partial charge in [-0.05, 0) is 61.9 Å². The molecule has 0 amide bonds. The van der Waals surface area contributed by atoms with Crippen molar-refractivity contribution in [1.82, 2.24) is 9.97 Å². The molecule has 0 aliphatic rings. The second-order valence-electron chi connectivity index (χ2n) is 5.83. The summed E-state index contributed by atoms with van der Waals surface area (Å²) in [5, 5.41) is 0. The number of anilines is 1. The monoisotopic (exact) mass is 269 g/mol. The topological polar surface area (TPSA) is 51.8 Å². The maximum absolute atomic E-state index is 5.89. The molecule has 2 N–H and O–H groups in total. The third-order valence-corrected chi connectivity index (χ3v) is 3.98. The van der Waals surface area contributed by atoms with E-state index >= 15 is 0 Å². The lowest BCUT2D eigenvalue weighted by atomic mass is 9.91. The number of aromatic nitrogens is 2. The Bertz CT molecular complexity index is 632. The molecule has 0 atom stereocenters. The van der Waals surface area contributed by atoms with Gasteiger partial charge in [-0.25, -0.2) is 9.97 Å². The van der Waals surface area contributed by atoms with Gasteiger partial charge in [0.1, 0.15) is 0 Å². The van der Waals surface area contributed by atoms with Crippen molar-refractivity contribution in [3.05, 3.63) is 40.1 Å². The van der Waals surface area contributed by atoms with Crippen molar-refractivity contribution in [2.24, 2.45) is 0 Å². The van der Waals surface area contributed by atoms with Crippen LogP contribution in [0.3, 0.4) is 0 Å². The van der Waals surface area contributed by atoms with Gasteiger partial charge in [0.25, 0.3) is 0 Å². The Morgan fingerprint density at radius 2 is 1.45 bits per heavy atom. The summed E-state index contributed by atoms with van der Waals surface area (Å²) in [5.74, 6) is 0.690.